The van der Waals surface area contributed by atoms with E-state index in [1.54, 1.807) is 0 Å². The second-order valence-electron chi connectivity index (χ2n) is 4.09. The zero-order chi connectivity index (χ0) is 17.3. The molecule has 5 unspecified atom stereocenters. The molecule has 0 saturated carbocycles. The number of aliphatic hydroxyl groups excluding tert-OH is 1. The highest BCUT2D eigenvalue weighted by Crippen LogP contribution is 2.60. The minimum absolute atomic E-state index is 0.0114. The molecule has 0 aliphatic carbocycles. The van der Waals surface area contributed by atoms with Crippen LogP contribution < -0.4 is 19.6 Å². The molecule has 0 aromatic heterocycles. The maximum Gasteiger partial charge on any atom is 0.343 e. The Morgan fingerprint density at radius 2 is 1.68 bits per heavy atom. The van der Waals surface area contributed by atoms with Gasteiger partial charge in [0, 0.05) is 6.42 Å². The first-order valence-corrected chi connectivity index (χ1v) is 9.73. The molecule has 1 aliphatic heterocycles. The fourth-order valence-electron chi connectivity index (χ4n) is 1.51. The molecule has 0 spiro atoms. The highest BCUT2D eigenvalue weighted by atomic mass is 31.3. The first-order chi connectivity index (χ1) is 9.71. The van der Waals surface area contributed by atoms with Crippen molar-refractivity contribution >= 4 is 29.4 Å². The fourth-order valence-corrected chi connectivity index (χ4v) is 4.32. The van der Waals surface area contributed by atoms with Crippen LogP contribution in [0.3, 0.4) is 0 Å². The van der Waals surface area contributed by atoms with Crippen molar-refractivity contribution in [3.63, 3.8) is 0 Å². The van der Waals surface area contributed by atoms with E-state index in [0.717, 1.165) is 0 Å². The number of rotatable bonds is 6. The maximum atomic E-state index is 11.4. The van der Waals surface area contributed by atoms with Gasteiger partial charge >= 0.3 is 13.8 Å². The third kappa shape index (κ3) is 6.53. The molecule has 0 radical (unpaired) electrons. The molecule has 0 aromatic carbocycles. The van der Waals surface area contributed by atoms with Crippen molar-refractivity contribution in [3.05, 3.63) is 0 Å². The Bertz CT molecular complexity index is 566. The van der Waals surface area contributed by atoms with Crippen LogP contribution in [0.5, 0.6) is 0 Å². The fraction of sp³-hybridized carbons (Fsp3) is 0.833. The van der Waals surface area contributed by atoms with Crippen molar-refractivity contribution in [3.8, 4) is 0 Å². The van der Waals surface area contributed by atoms with E-state index < -0.39 is 47.7 Å². The van der Waals surface area contributed by atoms with Gasteiger partial charge in [-0.25, -0.2) is 9.11 Å². The van der Waals surface area contributed by atoms with E-state index in [4.69, 9.17) is 4.74 Å². The Morgan fingerprint density at radius 3 is 2.09 bits per heavy atom. The maximum absolute atomic E-state index is 11.4. The normalized spacial score (nSPS) is 31.3. The molecule has 0 aromatic rings. The van der Waals surface area contributed by atoms with Crippen molar-refractivity contribution < 1.29 is 61.1 Å². The molecule has 1 saturated heterocycles. The largest absolute Gasteiger partial charge is 0.790 e. The van der Waals surface area contributed by atoms with Gasteiger partial charge in [0.2, 0.25) is 0 Å². The number of phosphoric ester groups is 1. The Kier molecular flexibility index (Phi) is 6.11. The summed E-state index contributed by atoms with van der Waals surface area (Å²) in [6, 6.07) is 0. The van der Waals surface area contributed by atoms with E-state index >= 15 is 0 Å². The molecular weight excluding hydrogens is 373 g/mol. The SMILES string of the molecule is CC1CC(O)C(C(=O)OP(=O)([O-])OP(=O)([O-])OP(=O)([O-])[O-])O1. The van der Waals surface area contributed by atoms with Crippen molar-refractivity contribution in [2.45, 2.75) is 31.7 Å². The average molecular weight is 382 g/mol. The van der Waals surface area contributed by atoms with E-state index in [1.807, 2.05) is 0 Å². The lowest BCUT2D eigenvalue weighted by atomic mass is 10.1. The van der Waals surface area contributed by atoms with Gasteiger partial charge in [-0.3, -0.25) is 13.4 Å². The Morgan fingerprint density at radius 1 is 1.14 bits per heavy atom. The molecule has 1 rings (SSSR count). The molecule has 13 nitrogen and oxygen atoms in total. The molecule has 22 heavy (non-hydrogen) atoms. The summed E-state index contributed by atoms with van der Waals surface area (Å²) in [6.07, 6.45) is -3.72. The van der Waals surface area contributed by atoms with Gasteiger partial charge in [-0.2, -0.15) is 0 Å². The van der Waals surface area contributed by atoms with E-state index in [-0.39, 0.29) is 6.42 Å². The first kappa shape index (κ1) is 19.9. The van der Waals surface area contributed by atoms with Gasteiger partial charge in [-0.05, 0) is 6.92 Å². The van der Waals surface area contributed by atoms with Crippen LogP contribution in [0.25, 0.3) is 0 Å². The Labute approximate surface area is 123 Å². The van der Waals surface area contributed by atoms with Crippen molar-refractivity contribution in [1.29, 1.82) is 0 Å². The summed E-state index contributed by atoms with van der Waals surface area (Å²) in [5, 5.41) is 9.39. The number of aliphatic hydroxyl groups is 1. The summed E-state index contributed by atoms with van der Waals surface area (Å²) >= 11 is 0. The smallest absolute Gasteiger partial charge is 0.343 e. The molecule has 1 aliphatic rings. The molecule has 0 amide bonds. The van der Waals surface area contributed by atoms with E-state index in [0.29, 0.717) is 0 Å². The Hall–Kier alpha value is -0.160. The van der Waals surface area contributed by atoms with Crippen LogP contribution in [-0.4, -0.2) is 29.4 Å². The van der Waals surface area contributed by atoms with Crippen LogP contribution in [0.15, 0.2) is 0 Å². The molecule has 1 heterocycles. The van der Waals surface area contributed by atoms with Crippen molar-refractivity contribution in [1.82, 2.24) is 0 Å². The van der Waals surface area contributed by atoms with Crippen LogP contribution in [0.4, 0.5) is 0 Å². The van der Waals surface area contributed by atoms with E-state index in [1.165, 1.54) is 6.92 Å². The van der Waals surface area contributed by atoms with Crippen LogP contribution in [-0.2, 0) is 36.4 Å². The quantitative estimate of drug-likeness (QED) is 0.450. The predicted molar refractivity (Wildman–Crippen MR) is 56.0 cm³/mol. The summed E-state index contributed by atoms with van der Waals surface area (Å²) in [6.45, 7) is 1.46. The lowest BCUT2D eigenvalue weighted by molar-refractivity contribution is -0.339. The van der Waals surface area contributed by atoms with Gasteiger partial charge in [-0.15, -0.1) is 0 Å². The summed E-state index contributed by atoms with van der Waals surface area (Å²) in [5.41, 5.74) is 0. The van der Waals surface area contributed by atoms with E-state index in [2.05, 4.69) is 13.1 Å². The predicted octanol–water partition coefficient (Wildman–Crippen LogP) is -3.13. The Balaban J connectivity index is 2.71. The van der Waals surface area contributed by atoms with Gasteiger partial charge < -0.3 is 38.5 Å². The molecule has 5 atom stereocenters. The highest BCUT2D eigenvalue weighted by molar-refractivity contribution is 7.65. The molecule has 130 valence electrons. The molecule has 1 fully saturated rings. The van der Waals surface area contributed by atoms with Gasteiger partial charge in [0.15, 0.2) is 6.10 Å². The number of carbonyl (C=O) groups is 1. The molecule has 16 heteroatoms. The standard InChI is InChI=1S/C6H13O13P3/c1-3-2-4(7)5(16-3)6(8)17-21(12,13)19-22(14,15)18-20(9,10)11/h3-5,7H,2H2,1H3,(H,12,13)(H,14,15)(H2,9,10,11)/p-4. The number of ether oxygens (including phenoxy) is 1. The summed E-state index contributed by atoms with van der Waals surface area (Å²) < 4.78 is 46.7. The van der Waals surface area contributed by atoms with Crippen LogP contribution in [0.2, 0.25) is 0 Å². The minimum Gasteiger partial charge on any atom is -0.790 e. The van der Waals surface area contributed by atoms with Crippen molar-refractivity contribution in [2.75, 3.05) is 0 Å². The first-order valence-electron chi connectivity index (χ1n) is 5.34. The summed E-state index contributed by atoms with van der Waals surface area (Å²) in [4.78, 5) is 53.6. The summed E-state index contributed by atoms with van der Waals surface area (Å²) in [7, 11) is -18.2. The molecule has 1 N–H and O–H groups in total. The highest BCUT2D eigenvalue weighted by Gasteiger charge is 2.40. The third-order valence-electron chi connectivity index (χ3n) is 2.14. The van der Waals surface area contributed by atoms with Gasteiger partial charge in [-0.1, -0.05) is 0 Å². The third-order valence-corrected chi connectivity index (χ3v) is 5.74. The average Bonchev–Trinajstić information content (AvgIpc) is 2.50. The molecule has 0 bridgehead atoms. The number of phosphoric acid groups is 3. The lowest BCUT2D eigenvalue weighted by Gasteiger charge is -2.37. The van der Waals surface area contributed by atoms with Crippen LogP contribution in [0, 0.1) is 0 Å². The second-order valence-corrected chi connectivity index (χ2v) is 8.26. The number of hydrogen-bond acceptors (Lipinski definition) is 13. The summed E-state index contributed by atoms with van der Waals surface area (Å²) in [5.74, 6) is -1.69. The monoisotopic (exact) mass is 382 g/mol. The van der Waals surface area contributed by atoms with Gasteiger partial charge in [0.05, 0.1) is 20.0 Å². The topological polar surface area (TPSA) is 218 Å². The van der Waals surface area contributed by atoms with Gasteiger partial charge in [0.1, 0.15) is 0 Å². The van der Waals surface area contributed by atoms with Crippen LogP contribution in [0.1, 0.15) is 13.3 Å². The van der Waals surface area contributed by atoms with Gasteiger partial charge in [0.25, 0.3) is 7.82 Å². The molecular formula is C6H9O13P3-4. The van der Waals surface area contributed by atoms with Crippen molar-refractivity contribution in [2.24, 2.45) is 0 Å². The minimum atomic E-state index is -6.14. The van der Waals surface area contributed by atoms with E-state index in [9.17, 15) is 43.2 Å². The lowest BCUT2D eigenvalue weighted by Crippen LogP contribution is -2.33. The zero-order valence-corrected chi connectivity index (χ0v) is 13.3. The van der Waals surface area contributed by atoms with Crippen LogP contribution >= 0.6 is 23.5 Å². The second kappa shape index (κ2) is 6.76. The zero-order valence-electron chi connectivity index (χ0n) is 10.6. The number of hydrogen-bond donors (Lipinski definition) is 1. The number of carbonyl (C=O) groups excluding carboxylic acids is 1.